The summed E-state index contributed by atoms with van der Waals surface area (Å²) in [6, 6.07) is 11.0. The number of nitriles is 1. The standard InChI is InChI=1S/C17H19N3O2/c1-3-8-20-17(21)14(12-18)11-16(19-20)13-6-5-7-15(10-13)22-9-4-2/h5-7,10-11H,3-4,8-9H2,1-2H3. The summed E-state index contributed by atoms with van der Waals surface area (Å²) in [6.45, 7) is 5.15. The first-order chi connectivity index (χ1) is 10.7. The first-order valence-electron chi connectivity index (χ1n) is 7.45. The number of hydrogen-bond acceptors (Lipinski definition) is 4. The van der Waals surface area contributed by atoms with Crippen molar-refractivity contribution in [3.8, 4) is 23.1 Å². The van der Waals surface area contributed by atoms with Crippen LogP contribution in [0.25, 0.3) is 11.3 Å². The van der Waals surface area contributed by atoms with Gasteiger partial charge in [-0.3, -0.25) is 4.79 Å². The molecular formula is C17H19N3O2. The van der Waals surface area contributed by atoms with Gasteiger partial charge in [-0.25, -0.2) is 4.68 Å². The number of ether oxygens (including phenoxy) is 1. The Morgan fingerprint density at radius 2 is 2.09 bits per heavy atom. The zero-order valence-corrected chi connectivity index (χ0v) is 12.9. The fourth-order valence-electron chi connectivity index (χ4n) is 2.09. The van der Waals surface area contributed by atoms with E-state index < -0.39 is 0 Å². The zero-order valence-electron chi connectivity index (χ0n) is 12.9. The second kappa shape index (κ2) is 7.41. The van der Waals surface area contributed by atoms with Crippen molar-refractivity contribution < 1.29 is 4.74 Å². The molecule has 0 unspecified atom stereocenters. The van der Waals surface area contributed by atoms with Crippen LogP contribution in [0.2, 0.25) is 0 Å². The Kier molecular flexibility index (Phi) is 5.31. The molecule has 0 aliphatic rings. The molecule has 5 nitrogen and oxygen atoms in total. The number of nitrogens with zero attached hydrogens (tertiary/aromatic N) is 3. The minimum atomic E-state index is -0.341. The van der Waals surface area contributed by atoms with Crippen molar-refractivity contribution in [2.45, 2.75) is 33.2 Å². The lowest BCUT2D eigenvalue weighted by Gasteiger charge is -2.09. The van der Waals surface area contributed by atoms with Crippen molar-refractivity contribution in [2.75, 3.05) is 6.61 Å². The lowest BCUT2D eigenvalue weighted by atomic mass is 10.1. The molecule has 2 aromatic rings. The number of aryl methyl sites for hydroxylation is 1. The van der Waals surface area contributed by atoms with Gasteiger partial charge in [0.1, 0.15) is 17.4 Å². The minimum absolute atomic E-state index is 0.110. The minimum Gasteiger partial charge on any atom is -0.494 e. The molecule has 0 saturated carbocycles. The molecule has 0 fully saturated rings. The van der Waals surface area contributed by atoms with Crippen LogP contribution in [0, 0.1) is 11.3 Å². The fourth-order valence-corrected chi connectivity index (χ4v) is 2.09. The lowest BCUT2D eigenvalue weighted by molar-refractivity contribution is 0.317. The summed E-state index contributed by atoms with van der Waals surface area (Å²) >= 11 is 0. The summed E-state index contributed by atoms with van der Waals surface area (Å²) in [6.07, 6.45) is 1.71. The molecule has 1 aromatic carbocycles. The third-order valence-electron chi connectivity index (χ3n) is 3.13. The predicted octanol–water partition coefficient (Wildman–Crippen LogP) is 2.98. The van der Waals surface area contributed by atoms with E-state index in [1.165, 1.54) is 10.7 Å². The molecule has 1 heterocycles. The van der Waals surface area contributed by atoms with Crippen LogP contribution in [-0.4, -0.2) is 16.4 Å². The van der Waals surface area contributed by atoms with E-state index >= 15 is 0 Å². The predicted molar refractivity (Wildman–Crippen MR) is 84.7 cm³/mol. The van der Waals surface area contributed by atoms with Gasteiger partial charge in [-0.15, -0.1) is 0 Å². The Morgan fingerprint density at radius 3 is 2.77 bits per heavy atom. The van der Waals surface area contributed by atoms with E-state index in [0.717, 1.165) is 24.2 Å². The largest absolute Gasteiger partial charge is 0.494 e. The molecule has 0 spiro atoms. The average molecular weight is 297 g/mol. The first kappa shape index (κ1) is 15.8. The quantitative estimate of drug-likeness (QED) is 0.822. The van der Waals surface area contributed by atoms with Gasteiger partial charge in [0.2, 0.25) is 0 Å². The van der Waals surface area contributed by atoms with E-state index in [4.69, 9.17) is 10.00 Å². The van der Waals surface area contributed by atoms with Crippen LogP contribution in [0.5, 0.6) is 5.75 Å². The fraction of sp³-hybridized carbons (Fsp3) is 0.353. The maximum Gasteiger partial charge on any atom is 0.284 e. The maximum absolute atomic E-state index is 12.0. The molecule has 0 atom stereocenters. The molecule has 2 rings (SSSR count). The Morgan fingerprint density at radius 1 is 1.27 bits per heavy atom. The van der Waals surface area contributed by atoms with Crippen molar-refractivity contribution >= 4 is 0 Å². The van der Waals surface area contributed by atoms with Crippen LogP contribution in [0.4, 0.5) is 0 Å². The normalized spacial score (nSPS) is 10.2. The summed E-state index contributed by atoms with van der Waals surface area (Å²) in [7, 11) is 0. The highest BCUT2D eigenvalue weighted by Crippen LogP contribution is 2.22. The summed E-state index contributed by atoms with van der Waals surface area (Å²) in [5.41, 5.74) is 1.20. The third-order valence-corrected chi connectivity index (χ3v) is 3.13. The Labute approximate surface area is 129 Å². The van der Waals surface area contributed by atoms with E-state index in [9.17, 15) is 4.79 Å². The topological polar surface area (TPSA) is 67.9 Å². The van der Waals surface area contributed by atoms with Gasteiger partial charge in [-0.05, 0) is 31.0 Å². The van der Waals surface area contributed by atoms with Gasteiger partial charge in [0.05, 0.1) is 12.3 Å². The van der Waals surface area contributed by atoms with Crippen molar-refractivity contribution in [3.05, 3.63) is 46.2 Å². The molecule has 0 amide bonds. The summed E-state index contributed by atoms with van der Waals surface area (Å²) in [5.74, 6) is 0.757. The van der Waals surface area contributed by atoms with Gasteiger partial charge in [-0.2, -0.15) is 10.4 Å². The average Bonchev–Trinajstić information content (AvgIpc) is 2.55. The SMILES string of the molecule is CCCOc1cccc(-c2cc(C#N)c(=O)n(CCC)n2)c1. The Hall–Kier alpha value is -2.61. The molecule has 0 aliphatic carbocycles. The molecule has 1 aromatic heterocycles. The number of rotatable bonds is 6. The van der Waals surface area contributed by atoms with Crippen LogP contribution in [0.1, 0.15) is 32.3 Å². The Bertz CT molecular complexity index is 744. The van der Waals surface area contributed by atoms with E-state index in [2.05, 4.69) is 5.10 Å². The lowest BCUT2D eigenvalue weighted by Crippen LogP contribution is -2.25. The van der Waals surface area contributed by atoms with Gasteiger partial charge >= 0.3 is 0 Å². The van der Waals surface area contributed by atoms with Gasteiger partial charge in [-0.1, -0.05) is 26.0 Å². The van der Waals surface area contributed by atoms with Gasteiger partial charge in [0, 0.05) is 12.1 Å². The highest BCUT2D eigenvalue weighted by atomic mass is 16.5. The molecule has 0 aliphatic heterocycles. The molecule has 0 N–H and O–H groups in total. The molecule has 0 bridgehead atoms. The smallest absolute Gasteiger partial charge is 0.284 e. The molecular weight excluding hydrogens is 278 g/mol. The van der Waals surface area contributed by atoms with Crippen LogP contribution < -0.4 is 10.3 Å². The molecule has 5 heteroatoms. The van der Waals surface area contributed by atoms with Gasteiger partial charge < -0.3 is 4.74 Å². The van der Waals surface area contributed by atoms with Crippen molar-refractivity contribution in [1.29, 1.82) is 5.26 Å². The van der Waals surface area contributed by atoms with E-state index in [0.29, 0.717) is 18.8 Å². The number of aromatic nitrogens is 2. The van der Waals surface area contributed by atoms with E-state index in [1.54, 1.807) is 0 Å². The van der Waals surface area contributed by atoms with Crippen molar-refractivity contribution in [3.63, 3.8) is 0 Å². The maximum atomic E-state index is 12.0. The molecule has 0 saturated heterocycles. The second-order valence-corrected chi connectivity index (χ2v) is 4.96. The highest BCUT2D eigenvalue weighted by molar-refractivity contribution is 5.62. The molecule has 0 radical (unpaired) electrons. The van der Waals surface area contributed by atoms with Crippen LogP contribution in [-0.2, 0) is 6.54 Å². The van der Waals surface area contributed by atoms with Crippen LogP contribution >= 0.6 is 0 Å². The monoisotopic (exact) mass is 297 g/mol. The van der Waals surface area contributed by atoms with Crippen LogP contribution in [0.15, 0.2) is 35.1 Å². The van der Waals surface area contributed by atoms with Crippen molar-refractivity contribution in [1.82, 2.24) is 9.78 Å². The molecule has 22 heavy (non-hydrogen) atoms. The number of benzene rings is 1. The summed E-state index contributed by atoms with van der Waals surface area (Å²) in [4.78, 5) is 12.0. The van der Waals surface area contributed by atoms with E-state index in [-0.39, 0.29) is 11.1 Å². The van der Waals surface area contributed by atoms with E-state index in [1.807, 2.05) is 44.2 Å². The third kappa shape index (κ3) is 3.53. The van der Waals surface area contributed by atoms with Crippen LogP contribution in [0.3, 0.4) is 0 Å². The first-order valence-corrected chi connectivity index (χ1v) is 7.45. The molecule has 114 valence electrons. The highest BCUT2D eigenvalue weighted by Gasteiger charge is 2.10. The number of hydrogen-bond donors (Lipinski definition) is 0. The second-order valence-electron chi connectivity index (χ2n) is 4.96. The Balaban J connectivity index is 2.46. The van der Waals surface area contributed by atoms with Gasteiger partial charge in [0.15, 0.2) is 0 Å². The summed E-state index contributed by atoms with van der Waals surface area (Å²) in [5, 5.41) is 13.5. The summed E-state index contributed by atoms with van der Waals surface area (Å²) < 4.78 is 6.97. The van der Waals surface area contributed by atoms with Gasteiger partial charge in [0.25, 0.3) is 5.56 Å². The zero-order chi connectivity index (χ0) is 15.9. The van der Waals surface area contributed by atoms with Crippen molar-refractivity contribution in [2.24, 2.45) is 0 Å².